The van der Waals surface area contributed by atoms with E-state index in [0.29, 0.717) is 5.56 Å². The van der Waals surface area contributed by atoms with Crippen molar-refractivity contribution in [2.24, 2.45) is 5.92 Å². The van der Waals surface area contributed by atoms with Crippen LogP contribution in [0.2, 0.25) is 0 Å². The summed E-state index contributed by atoms with van der Waals surface area (Å²) in [5.41, 5.74) is 0.650. The SMILES string of the molecule is CC(C)[C@@H](CO)NC(=O)c1cccc2ccccc12. The molecule has 100 valence electrons. The zero-order valence-corrected chi connectivity index (χ0v) is 11.3. The van der Waals surface area contributed by atoms with Crippen molar-refractivity contribution in [3.05, 3.63) is 48.0 Å². The third-order valence-electron chi connectivity index (χ3n) is 3.35. The van der Waals surface area contributed by atoms with E-state index in [0.717, 1.165) is 10.8 Å². The lowest BCUT2D eigenvalue weighted by molar-refractivity contribution is 0.0898. The van der Waals surface area contributed by atoms with Crippen molar-refractivity contribution in [2.45, 2.75) is 19.9 Å². The number of carbonyl (C=O) groups excluding carboxylic acids is 1. The van der Waals surface area contributed by atoms with Gasteiger partial charge in [0.1, 0.15) is 0 Å². The lowest BCUT2D eigenvalue weighted by Crippen LogP contribution is -2.41. The van der Waals surface area contributed by atoms with E-state index < -0.39 is 0 Å². The van der Waals surface area contributed by atoms with Gasteiger partial charge in [-0.3, -0.25) is 4.79 Å². The number of hydrogen-bond acceptors (Lipinski definition) is 2. The molecule has 0 aliphatic carbocycles. The molecule has 0 unspecified atom stereocenters. The predicted molar refractivity (Wildman–Crippen MR) is 77.1 cm³/mol. The quantitative estimate of drug-likeness (QED) is 0.884. The average Bonchev–Trinajstić information content (AvgIpc) is 2.43. The van der Waals surface area contributed by atoms with Crippen LogP contribution in [-0.4, -0.2) is 23.7 Å². The summed E-state index contributed by atoms with van der Waals surface area (Å²) in [6.45, 7) is 3.91. The molecular weight excluding hydrogens is 238 g/mol. The highest BCUT2D eigenvalue weighted by Crippen LogP contribution is 2.18. The number of aliphatic hydroxyl groups excluding tert-OH is 1. The number of nitrogens with one attached hydrogen (secondary N) is 1. The summed E-state index contributed by atoms with van der Waals surface area (Å²) in [7, 11) is 0. The number of rotatable bonds is 4. The summed E-state index contributed by atoms with van der Waals surface area (Å²) in [5.74, 6) is 0.0634. The van der Waals surface area contributed by atoms with Gasteiger partial charge < -0.3 is 10.4 Å². The minimum Gasteiger partial charge on any atom is -0.394 e. The largest absolute Gasteiger partial charge is 0.394 e. The van der Waals surface area contributed by atoms with Gasteiger partial charge in [0.15, 0.2) is 0 Å². The van der Waals surface area contributed by atoms with Gasteiger partial charge in [-0.05, 0) is 22.8 Å². The molecule has 2 aromatic rings. The molecule has 1 amide bonds. The molecule has 0 saturated carbocycles. The van der Waals surface area contributed by atoms with Crippen LogP contribution in [0.3, 0.4) is 0 Å². The van der Waals surface area contributed by atoms with Gasteiger partial charge in [-0.15, -0.1) is 0 Å². The van der Waals surface area contributed by atoms with Crippen LogP contribution in [0.4, 0.5) is 0 Å². The fourth-order valence-electron chi connectivity index (χ4n) is 2.09. The summed E-state index contributed by atoms with van der Waals surface area (Å²) in [6.07, 6.45) is 0. The minimum absolute atomic E-state index is 0.0474. The Morgan fingerprint density at radius 2 is 1.84 bits per heavy atom. The van der Waals surface area contributed by atoms with Gasteiger partial charge in [-0.2, -0.15) is 0 Å². The molecule has 3 heteroatoms. The van der Waals surface area contributed by atoms with Crippen LogP contribution in [0.25, 0.3) is 10.8 Å². The van der Waals surface area contributed by atoms with Crippen molar-refractivity contribution in [1.82, 2.24) is 5.32 Å². The molecule has 0 heterocycles. The van der Waals surface area contributed by atoms with Gasteiger partial charge in [-0.1, -0.05) is 50.2 Å². The van der Waals surface area contributed by atoms with Crippen molar-refractivity contribution in [2.75, 3.05) is 6.61 Å². The van der Waals surface area contributed by atoms with Gasteiger partial charge in [0.2, 0.25) is 0 Å². The smallest absolute Gasteiger partial charge is 0.252 e. The Bertz CT molecular complexity index is 572. The minimum atomic E-state index is -0.216. The topological polar surface area (TPSA) is 49.3 Å². The summed E-state index contributed by atoms with van der Waals surface area (Å²) in [5, 5.41) is 14.2. The molecular formula is C16H19NO2. The van der Waals surface area contributed by atoms with Crippen molar-refractivity contribution in [1.29, 1.82) is 0 Å². The highest BCUT2D eigenvalue weighted by Gasteiger charge is 2.17. The van der Waals surface area contributed by atoms with Gasteiger partial charge in [0.25, 0.3) is 5.91 Å². The molecule has 0 aliphatic heterocycles. The highest BCUT2D eigenvalue weighted by molar-refractivity contribution is 6.07. The molecule has 0 radical (unpaired) electrons. The van der Waals surface area contributed by atoms with Crippen LogP contribution >= 0.6 is 0 Å². The van der Waals surface area contributed by atoms with Gasteiger partial charge in [0, 0.05) is 5.56 Å². The van der Waals surface area contributed by atoms with E-state index >= 15 is 0 Å². The van der Waals surface area contributed by atoms with Crippen molar-refractivity contribution >= 4 is 16.7 Å². The average molecular weight is 257 g/mol. The van der Waals surface area contributed by atoms with E-state index in [1.807, 2.05) is 56.3 Å². The van der Waals surface area contributed by atoms with E-state index in [9.17, 15) is 9.90 Å². The lowest BCUT2D eigenvalue weighted by Gasteiger charge is -2.20. The Morgan fingerprint density at radius 3 is 2.53 bits per heavy atom. The second-order valence-electron chi connectivity index (χ2n) is 5.03. The maximum atomic E-state index is 12.3. The molecule has 2 N–H and O–H groups in total. The van der Waals surface area contributed by atoms with Gasteiger partial charge >= 0.3 is 0 Å². The fourth-order valence-corrected chi connectivity index (χ4v) is 2.09. The first-order valence-electron chi connectivity index (χ1n) is 6.53. The Morgan fingerprint density at radius 1 is 1.16 bits per heavy atom. The monoisotopic (exact) mass is 257 g/mol. The van der Waals surface area contributed by atoms with E-state index in [4.69, 9.17) is 0 Å². The number of hydrogen-bond donors (Lipinski definition) is 2. The first kappa shape index (κ1) is 13.6. The van der Waals surface area contributed by atoms with Crippen molar-refractivity contribution in [3.8, 4) is 0 Å². The van der Waals surface area contributed by atoms with Crippen molar-refractivity contribution < 1.29 is 9.90 Å². The van der Waals surface area contributed by atoms with Crippen LogP contribution in [-0.2, 0) is 0 Å². The summed E-state index contributed by atoms with van der Waals surface area (Å²) in [6, 6.07) is 13.3. The molecule has 2 aromatic carbocycles. The van der Waals surface area contributed by atoms with E-state index in [1.54, 1.807) is 0 Å². The third kappa shape index (κ3) is 2.93. The Balaban J connectivity index is 2.31. The molecule has 0 aliphatic rings. The Labute approximate surface area is 113 Å². The molecule has 0 fully saturated rings. The number of fused-ring (bicyclic) bond motifs is 1. The summed E-state index contributed by atoms with van der Waals surface area (Å²) in [4.78, 5) is 12.3. The molecule has 0 spiro atoms. The zero-order valence-electron chi connectivity index (χ0n) is 11.3. The standard InChI is InChI=1S/C16H19NO2/c1-11(2)15(10-18)17-16(19)14-9-5-7-12-6-3-4-8-13(12)14/h3-9,11,15,18H,10H2,1-2H3,(H,17,19)/t15-/m1/s1. The van der Waals surface area contributed by atoms with Crippen LogP contribution in [0.1, 0.15) is 24.2 Å². The molecule has 19 heavy (non-hydrogen) atoms. The number of amides is 1. The van der Waals surface area contributed by atoms with E-state index in [2.05, 4.69) is 5.32 Å². The van der Waals surface area contributed by atoms with Crippen molar-refractivity contribution in [3.63, 3.8) is 0 Å². The third-order valence-corrected chi connectivity index (χ3v) is 3.35. The van der Waals surface area contributed by atoms with Gasteiger partial charge in [-0.25, -0.2) is 0 Å². The molecule has 0 aromatic heterocycles. The first-order valence-corrected chi connectivity index (χ1v) is 6.53. The number of carbonyl (C=O) groups is 1. The van der Waals surface area contributed by atoms with Crippen LogP contribution in [0, 0.1) is 5.92 Å². The second-order valence-corrected chi connectivity index (χ2v) is 5.03. The Kier molecular flexibility index (Phi) is 4.17. The molecule has 3 nitrogen and oxygen atoms in total. The van der Waals surface area contributed by atoms with Crippen LogP contribution in [0.15, 0.2) is 42.5 Å². The summed E-state index contributed by atoms with van der Waals surface area (Å²) < 4.78 is 0. The predicted octanol–water partition coefficient (Wildman–Crippen LogP) is 2.59. The van der Waals surface area contributed by atoms with Crippen LogP contribution in [0.5, 0.6) is 0 Å². The van der Waals surface area contributed by atoms with Crippen LogP contribution < -0.4 is 5.32 Å². The maximum absolute atomic E-state index is 12.3. The lowest BCUT2D eigenvalue weighted by atomic mass is 10.0. The molecule has 0 saturated heterocycles. The second kappa shape index (κ2) is 5.85. The molecule has 1 atom stereocenters. The normalized spacial score (nSPS) is 12.6. The molecule has 2 rings (SSSR count). The number of aliphatic hydroxyl groups is 1. The highest BCUT2D eigenvalue weighted by atomic mass is 16.3. The maximum Gasteiger partial charge on any atom is 0.252 e. The van der Waals surface area contributed by atoms with Gasteiger partial charge in [0.05, 0.1) is 12.6 Å². The zero-order chi connectivity index (χ0) is 13.8. The fraction of sp³-hybridized carbons (Fsp3) is 0.312. The van der Waals surface area contributed by atoms with E-state index in [-0.39, 0.29) is 24.5 Å². The summed E-state index contributed by atoms with van der Waals surface area (Å²) >= 11 is 0. The Hall–Kier alpha value is -1.87. The van der Waals surface area contributed by atoms with E-state index in [1.165, 1.54) is 0 Å². The first-order chi connectivity index (χ1) is 9.13. The number of benzene rings is 2. The molecule has 0 bridgehead atoms.